The molecular weight excluding hydrogens is 266 g/mol. The molecule has 2 rings (SSSR count). The minimum atomic E-state index is -0.316. The lowest BCUT2D eigenvalue weighted by atomic mass is 10.1. The van der Waals surface area contributed by atoms with Crippen LogP contribution in [0.2, 0.25) is 5.15 Å². The van der Waals surface area contributed by atoms with Gasteiger partial charge in [-0.05, 0) is 25.5 Å². The maximum atomic E-state index is 12.0. The van der Waals surface area contributed by atoms with Crippen LogP contribution in [0.5, 0.6) is 0 Å². The second-order valence-corrected chi connectivity index (χ2v) is 4.56. The van der Waals surface area contributed by atoms with Crippen molar-refractivity contribution in [1.82, 2.24) is 9.97 Å². The minimum Gasteiger partial charge on any atom is -0.432 e. The Morgan fingerprint density at radius 2 is 2.21 bits per heavy atom. The number of pyridine rings is 1. The Kier molecular flexibility index (Phi) is 4.16. The lowest BCUT2D eigenvalue weighted by molar-refractivity contribution is 0.102. The number of amides is 1. The summed E-state index contributed by atoms with van der Waals surface area (Å²) in [6.45, 7) is 3.82. The number of nitrogens with zero attached hydrogens (tertiary/aromatic N) is 2. The van der Waals surface area contributed by atoms with E-state index in [1.54, 1.807) is 13.0 Å². The highest BCUT2D eigenvalue weighted by atomic mass is 35.5. The molecule has 0 aliphatic heterocycles. The van der Waals surface area contributed by atoms with Crippen LogP contribution < -0.4 is 5.32 Å². The van der Waals surface area contributed by atoms with Crippen molar-refractivity contribution in [2.75, 3.05) is 5.32 Å². The van der Waals surface area contributed by atoms with Crippen LogP contribution in [0.15, 0.2) is 22.8 Å². The molecule has 19 heavy (non-hydrogen) atoms. The largest absolute Gasteiger partial charge is 0.432 e. The molecule has 2 heterocycles. The summed E-state index contributed by atoms with van der Waals surface area (Å²) in [7, 11) is 0. The smallest absolute Gasteiger partial charge is 0.301 e. The molecule has 0 unspecified atom stereocenters. The van der Waals surface area contributed by atoms with Gasteiger partial charge in [-0.2, -0.15) is 4.98 Å². The van der Waals surface area contributed by atoms with Gasteiger partial charge in [-0.1, -0.05) is 24.9 Å². The Labute approximate surface area is 116 Å². The summed E-state index contributed by atoms with van der Waals surface area (Å²) in [5, 5.41) is 2.88. The van der Waals surface area contributed by atoms with E-state index in [2.05, 4.69) is 15.3 Å². The Bertz CT molecular complexity index is 595. The first kappa shape index (κ1) is 13.5. The first-order valence-corrected chi connectivity index (χ1v) is 6.36. The maximum absolute atomic E-state index is 12.0. The third-order valence-electron chi connectivity index (χ3n) is 2.45. The molecule has 0 spiro atoms. The highest BCUT2D eigenvalue weighted by molar-refractivity contribution is 6.29. The number of oxazole rings is 1. The van der Waals surface area contributed by atoms with Crippen molar-refractivity contribution in [3.63, 3.8) is 0 Å². The first-order chi connectivity index (χ1) is 9.08. The molecule has 1 N–H and O–H groups in total. The molecule has 0 aromatic carbocycles. The Balaban J connectivity index is 2.18. The van der Waals surface area contributed by atoms with Crippen molar-refractivity contribution in [2.24, 2.45) is 0 Å². The molecule has 2 aromatic rings. The minimum absolute atomic E-state index is 0.174. The van der Waals surface area contributed by atoms with Gasteiger partial charge < -0.3 is 4.42 Å². The van der Waals surface area contributed by atoms with Crippen molar-refractivity contribution in [2.45, 2.75) is 26.7 Å². The van der Waals surface area contributed by atoms with Crippen LogP contribution in [-0.2, 0) is 6.42 Å². The van der Waals surface area contributed by atoms with Gasteiger partial charge in [0.15, 0.2) is 0 Å². The number of aromatic nitrogens is 2. The Morgan fingerprint density at radius 3 is 2.84 bits per heavy atom. The number of nitrogens with one attached hydrogen (secondary N) is 1. The molecular formula is C13H14ClN3O2. The standard InChI is InChI=1S/C13H14ClN3O2/c1-3-4-10-5-9(6-11(14)16-10)12(18)17-13-15-8(2)7-19-13/h5-7H,3-4H2,1-2H3,(H,15,17,18). The van der Waals surface area contributed by atoms with E-state index in [1.807, 2.05) is 6.92 Å². The van der Waals surface area contributed by atoms with E-state index < -0.39 is 0 Å². The predicted molar refractivity (Wildman–Crippen MR) is 72.4 cm³/mol. The highest BCUT2D eigenvalue weighted by Crippen LogP contribution is 2.14. The fourth-order valence-electron chi connectivity index (χ4n) is 1.65. The summed E-state index contributed by atoms with van der Waals surface area (Å²) in [6.07, 6.45) is 3.18. The van der Waals surface area contributed by atoms with Gasteiger partial charge in [-0.3, -0.25) is 10.1 Å². The highest BCUT2D eigenvalue weighted by Gasteiger charge is 2.12. The van der Waals surface area contributed by atoms with Crippen LogP contribution in [0.4, 0.5) is 6.01 Å². The number of aryl methyl sites for hydroxylation is 2. The summed E-state index contributed by atoms with van der Waals surface area (Å²) >= 11 is 5.91. The zero-order valence-electron chi connectivity index (χ0n) is 10.7. The molecule has 1 amide bonds. The van der Waals surface area contributed by atoms with Crippen LogP contribution in [0.25, 0.3) is 0 Å². The average Bonchev–Trinajstić information content (AvgIpc) is 2.74. The molecule has 0 radical (unpaired) electrons. The molecule has 0 saturated heterocycles. The molecule has 0 aliphatic carbocycles. The van der Waals surface area contributed by atoms with Crippen molar-refractivity contribution in [1.29, 1.82) is 0 Å². The number of carbonyl (C=O) groups is 1. The Hall–Kier alpha value is -1.88. The van der Waals surface area contributed by atoms with Crippen LogP contribution in [0.3, 0.4) is 0 Å². The van der Waals surface area contributed by atoms with E-state index in [9.17, 15) is 4.79 Å². The van der Waals surface area contributed by atoms with Crippen LogP contribution in [0.1, 0.15) is 35.1 Å². The van der Waals surface area contributed by atoms with Crippen molar-refractivity contribution < 1.29 is 9.21 Å². The van der Waals surface area contributed by atoms with Crippen molar-refractivity contribution >= 4 is 23.5 Å². The summed E-state index contributed by atoms with van der Waals surface area (Å²) in [6, 6.07) is 3.42. The lowest BCUT2D eigenvalue weighted by Crippen LogP contribution is -2.13. The number of rotatable bonds is 4. The molecule has 0 aliphatic rings. The Morgan fingerprint density at radius 1 is 1.42 bits per heavy atom. The third-order valence-corrected chi connectivity index (χ3v) is 2.65. The second-order valence-electron chi connectivity index (χ2n) is 4.17. The van der Waals surface area contributed by atoms with Gasteiger partial charge in [0.2, 0.25) is 0 Å². The lowest BCUT2D eigenvalue weighted by Gasteiger charge is -2.04. The fourth-order valence-corrected chi connectivity index (χ4v) is 1.87. The van der Waals surface area contributed by atoms with Crippen molar-refractivity contribution in [3.8, 4) is 0 Å². The average molecular weight is 280 g/mol. The van der Waals surface area contributed by atoms with E-state index in [0.717, 1.165) is 18.5 Å². The third kappa shape index (κ3) is 3.54. The van der Waals surface area contributed by atoms with Gasteiger partial charge in [0.05, 0.1) is 5.69 Å². The number of hydrogen-bond donors (Lipinski definition) is 1. The molecule has 0 atom stereocenters. The molecule has 2 aromatic heterocycles. The number of hydrogen-bond acceptors (Lipinski definition) is 4. The monoisotopic (exact) mass is 279 g/mol. The molecule has 6 heteroatoms. The normalized spacial score (nSPS) is 10.5. The maximum Gasteiger partial charge on any atom is 0.301 e. The second kappa shape index (κ2) is 5.84. The van der Waals surface area contributed by atoms with E-state index in [-0.39, 0.29) is 11.9 Å². The predicted octanol–water partition coefficient (Wildman–Crippen LogP) is 3.24. The van der Waals surface area contributed by atoms with Gasteiger partial charge in [0.25, 0.3) is 5.91 Å². The van der Waals surface area contributed by atoms with Gasteiger partial charge in [0, 0.05) is 11.3 Å². The molecule has 0 saturated carbocycles. The van der Waals surface area contributed by atoms with Crippen molar-refractivity contribution in [3.05, 3.63) is 40.5 Å². The first-order valence-electron chi connectivity index (χ1n) is 5.98. The van der Waals surface area contributed by atoms with Gasteiger partial charge in [0.1, 0.15) is 11.4 Å². The zero-order valence-corrected chi connectivity index (χ0v) is 11.5. The molecule has 100 valence electrons. The van der Waals surface area contributed by atoms with E-state index in [1.165, 1.54) is 12.3 Å². The van der Waals surface area contributed by atoms with Crippen LogP contribution >= 0.6 is 11.6 Å². The van der Waals surface area contributed by atoms with Gasteiger partial charge in [-0.15, -0.1) is 0 Å². The zero-order chi connectivity index (χ0) is 13.8. The van der Waals surface area contributed by atoms with Crippen LogP contribution in [-0.4, -0.2) is 15.9 Å². The quantitative estimate of drug-likeness (QED) is 0.873. The van der Waals surface area contributed by atoms with Crippen LogP contribution in [0, 0.1) is 6.92 Å². The summed E-state index contributed by atoms with van der Waals surface area (Å²) in [5.41, 5.74) is 1.94. The molecule has 5 nitrogen and oxygen atoms in total. The number of anilines is 1. The summed E-state index contributed by atoms with van der Waals surface area (Å²) < 4.78 is 5.07. The topological polar surface area (TPSA) is 68.0 Å². The SMILES string of the molecule is CCCc1cc(C(=O)Nc2nc(C)co2)cc(Cl)n1. The molecule has 0 fully saturated rings. The van der Waals surface area contributed by atoms with E-state index >= 15 is 0 Å². The van der Waals surface area contributed by atoms with E-state index in [0.29, 0.717) is 16.4 Å². The van der Waals surface area contributed by atoms with E-state index in [4.69, 9.17) is 16.0 Å². The fraction of sp³-hybridized carbons (Fsp3) is 0.308. The summed E-state index contributed by atoms with van der Waals surface area (Å²) in [4.78, 5) is 20.2. The van der Waals surface area contributed by atoms with Gasteiger partial charge >= 0.3 is 6.01 Å². The van der Waals surface area contributed by atoms with Gasteiger partial charge in [-0.25, -0.2) is 4.98 Å². The summed E-state index contributed by atoms with van der Waals surface area (Å²) in [5.74, 6) is -0.316. The molecule has 0 bridgehead atoms. The number of carbonyl (C=O) groups excluding carboxylic acids is 1. The number of halogens is 1.